The first kappa shape index (κ1) is 33.4. The van der Waals surface area contributed by atoms with Crippen molar-refractivity contribution < 1.29 is 28.6 Å². The molecule has 2 amide bonds. The van der Waals surface area contributed by atoms with Gasteiger partial charge in [0.25, 0.3) is 5.91 Å². The number of anilines is 1. The summed E-state index contributed by atoms with van der Waals surface area (Å²) in [6, 6.07) is 19.5. The van der Waals surface area contributed by atoms with Crippen molar-refractivity contribution in [3.05, 3.63) is 83.4 Å². The van der Waals surface area contributed by atoms with E-state index in [4.69, 9.17) is 14.2 Å². The third-order valence-corrected chi connectivity index (χ3v) is 10.5. The summed E-state index contributed by atoms with van der Waals surface area (Å²) in [5, 5.41) is 7.35. The van der Waals surface area contributed by atoms with Gasteiger partial charge in [-0.1, -0.05) is 50.3 Å². The second-order valence-corrected chi connectivity index (χ2v) is 13.6. The van der Waals surface area contributed by atoms with Gasteiger partial charge in [0.15, 0.2) is 5.75 Å². The highest BCUT2D eigenvalue weighted by atomic mass is 16.5. The number of esters is 1. The molecule has 0 saturated heterocycles. The van der Waals surface area contributed by atoms with Crippen molar-refractivity contribution in [1.29, 1.82) is 0 Å². The zero-order chi connectivity index (χ0) is 34.7. The molecule has 9 heteroatoms. The van der Waals surface area contributed by atoms with Gasteiger partial charge < -0.3 is 29.4 Å². The van der Waals surface area contributed by atoms with E-state index in [-0.39, 0.29) is 11.8 Å². The van der Waals surface area contributed by atoms with Gasteiger partial charge >= 0.3 is 5.97 Å². The molecule has 50 heavy (non-hydrogen) atoms. The van der Waals surface area contributed by atoms with Crippen molar-refractivity contribution in [2.75, 3.05) is 25.6 Å². The number of ether oxygens (including phenoxy) is 3. The number of hydrogen-bond donors (Lipinski definition) is 2. The standard InChI is InChI=1S/C41H45N3O6/c1-3-49-34(45)22-13-27-11-16-30(17-12-27)42-40(47)41(23-7-8-24-41)43-39(46)33-21-20-32-35(28-9-5-4-6-10-28)36(29-14-18-31(48-2)19-15-29)44-25-26-50-38(33)37(32)44/h11-22,28H,3-10,23-26H2,1-2H3,(H,42,47)(H,43,46)/b22-13+. The fourth-order valence-electron chi connectivity index (χ4n) is 8.05. The number of amides is 2. The zero-order valence-corrected chi connectivity index (χ0v) is 28.9. The summed E-state index contributed by atoms with van der Waals surface area (Å²) < 4.78 is 19.1. The summed E-state index contributed by atoms with van der Waals surface area (Å²) in [7, 11) is 1.68. The predicted octanol–water partition coefficient (Wildman–Crippen LogP) is 8.01. The molecule has 2 N–H and O–H groups in total. The summed E-state index contributed by atoms with van der Waals surface area (Å²) in [5.74, 6) is 0.886. The number of nitrogens with one attached hydrogen (secondary N) is 2. The van der Waals surface area contributed by atoms with E-state index in [1.54, 1.807) is 32.2 Å². The Labute approximate surface area is 293 Å². The van der Waals surface area contributed by atoms with Crippen molar-refractivity contribution in [3.8, 4) is 22.8 Å². The lowest BCUT2D eigenvalue weighted by Crippen LogP contribution is -2.55. The topological polar surface area (TPSA) is 108 Å². The Bertz CT molecular complexity index is 1910. The molecule has 2 saturated carbocycles. The maximum absolute atomic E-state index is 14.2. The minimum Gasteiger partial charge on any atom is -0.497 e. The van der Waals surface area contributed by atoms with Gasteiger partial charge in [0.05, 0.1) is 37.0 Å². The second kappa shape index (κ2) is 14.4. The molecule has 2 fully saturated rings. The van der Waals surface area contributed by atoms with Crippen LogP contribution in [-0.4, -0.2) is 48.2 Å². The zero-order valence-electron chi connectivity index (χ0n) is 28.9. The number of hydrogen-bond acceptors (Lipinski definition) is 6. The quantitative estimate of drug-likeness (QED) is 0.130. The van der Waals surface area contributed by atoms with Crippen molar-refractivity contribution in [2.24, 2.45) is 0 Å². The highest BCUT2D eigenvalue weighted by Crippen LogP contribution is 2.48. The van der Waals surface area contributed by atoms with Crippen LogP contribution >= 0.6 is 0 Å². The second-order valence-electron chi connectivity index (χ2n) is 13.6. The number of rotatable bonds is 10. The van der Waals surface area contributed by atoms with E-state index < -0.39 is 11.5 Å². The molecule has 3 aliphatic rings. The molecule has 7 rings (SSSR count). The van der Waals surface area contributed by atoms with Gasteiger partial charge in [0.1, 0.15) is 17.9 Å². The highest BCUT2D eigenvalue weighted by molar-refractivity contribution is 6.09. The predicted molar refractivity (Wildman–Crippen MR) is 195 cm³/mol. The number of aromatic nitrogens is 1. The van der Waals surface area contributed by atoms with Gasteiger partial charge in [-0.3, -0.25) is 9.59 Å². The number of nitrogens with zero attached hydrogens (tertiary/aromatic N) is 1. The molecule has 0 bridgehead atoms. The van der Waals surface area contributed by atoms with Crippen LogP contribution in [0.1, 0.15) is 92.1 Å². The highest BCUT2D eigenvalue weighted by Gasteiger charge is 2.43. The molecular formula is C41H45N3O6. The normalized spacial score (nSPS) is 17.0. The fourth-order valence-corrected chi connectivity index (χ4v) is 8.05. The van der Waals surface area contributed by atoms with Crippen molar-refractivity contribution in [1.82, 2.24) is 9.88 Å². The maximum Gasteiger partial charge on any atom is 0.330 e. The Balaban J connectivity index is 1.19. The van der Waals surface area contributed by atoms with E-state index >= 15 is 0 Å². The summed E-state index contributed by atoms with van der Waals surface area (Å²) in [6.07, 6.45) is 11.8. The molecule has 2 heterocycles. The molecule has 0 atom stereocenters. The Morgan fingerprint density at radius 2 is 1.68 bits per heavy atom. The Morgan fingerprint density at radius 3 is 2.38 bits per heavy atom. The van der Waals surface area contributed by atoms with E-state index in [0.717, 1.165) is 53.5 Å². The van der Waals surface area contributed by atoms with Crippen LogP contribution < -0.4 is 20.1 Å². The summed E-state index contributed by atoms with van der Waals surface area (Å²) in [6.45, 7) is 3.21. The monoisotopic (exact) mass is 675 g/mol. The van der Waals surface area contributed by atoms with Crippen molar-refractivity contribution in [2.45, 2.75) is 82.7 Å². The molecule has 4 aromatic rings. The number of carbonyl (C=O) groups excluding carboxylic acids is 3. The van der Waals surface area contributed by atoms with Crippen LogP contribution in [0.15, 0.2) is 66.7 Å². The lowest BCUT2D eigenvalue weighted by molar-refractivity contribution is -0.137. The van der Waals surface area contributed by atoms with Crippen molar-refractivity contribution >= 4 is 40.4 Å². The van der Waals surface area contributed by atoms with E-state index in [9.17, 15) is 14.4 Å². The SMILES string of the molecule is CCOC(=O)/C=C/c1ccc(NC(=O)C2(NC(=O)c3ccc4c(C5CCCCC5)c(-c5ccc(OC)cc5)n5c4c3OCC5)CCCC2)cc1. The molecule has 1 aromatic heterocycles. The van der Waals surface area contributed by atoms with E-state index in [2.05, 4.69) is 33.4 Å². The minimum absolute atomic E-state index is 0.237. The van der Waals surface area contributed by atoms with Crippen LogP contribution in [-0.2, 0) is 20.9 Å². The molecule has 2 aliphatic carbocycles. The number of methoxy groups -OCH3 is 1. The summed E-state index contributed by atoms with van der Waals surface area (Å²) in [4.78, 5) is 39.8. The van der Waals surface area contributed by atoms with Gasteiger partial charge in [-0.05, 0) is 104 Å². The lowest BCUT2D eigenvalue weighted by Gasteiger charge is -2.30. The van der Waals surface area contributed by atoms with Crippen LogP contribution in [0.3, 0.4) is 0 Å². The molecule has 0 unspecified atom stereocenters. The Morgan fingerprint density at radius 1 is 0.940 bits per heavy atom. The Hall–Kier alpha value is -5.05. The lowest BCUT2D eigenvalue weighted by atomic mass is 9.81. The summed E-state index contributed by atoms with van der Waals surface area (Å²) >= 11 is 0. The first-order valence-corrected chi connectivity index (χ1v) is 18.0. The number of benzene rings is 3. The third-order valence-electron chi connectivity index (χ3n) is 10.5. The van der Waals surface area contributed by atoms with E-state index in [1.165, 1.54) is 36.6 Å². The molecular weight excluding hydrogens is 630 g/mol. The molecule has 260 valence electrons. The van der Waals surface area contributed by atoms with E-state index in [1.807, 2.05) is 30.3 Å². The first-order chi connectivity index (χ1) is 24.4. The van der Waals surface area contributed by atoms with Gasteiger partial charge in [-0.15, -0.1) is 0 Å². The molecule has 0 radical (unpaired) electrons. The van der Waals surface area contributed by atoms with Gasteiger partial charge in [0.2, 0.25) is 5.91 Å². The first-order valence-electron chi connectivity index (χ1n) is 18.0. The minimum atomic E-state index is -1.04. The molecule has 1 aliphatic heterocycles. The van der Waals surface area contributed by atoms with Gasteiger partial charge in [-0.2, -0.15) is 0 Å². The average molecular weight is 676 g/mol. The number of carbonyl (C=O) groups is 3. The van der Waals surface area contributed by atoms with Crippen LogP contribution in [0.2, 0.25) is 0 Å². The largest absolute Gasteiger partial charge is 0.497 e. The van der Waals surface area contributed by atoms with E-state index in [0.29, 0.717) is 55.5 Å². The van der Waals surface area contributed by atoms with Crippen LogP contribution in [0, 0.1) is 0 Å². The smallest absolute Gasteiger partial charge is 0.330 e. The van der Waals surface area contributed by atoms with Gasteiger partial charge in [-0.25, -0.2) is 4.79 Å². The van der Waals surface area contributed by atoms with Gasteiger partial charge in [0, 0.05) is 17.1 Å². The molecule has 9 nitrogen and oxygen atoms in total. The molecule has 3 aromatic carbocycles. The molecule has 0 spiro atoms. The van der Waals surface area contributed by atoms with Crippen LogP contribution in [0.25, 0.3) is 28.2 Å². The van der Waals surface area contributed by atoms with Crippen molar-refractivity contribution in [3.63, 3.8) is 0 Å². The van der Waals surface area contributed by atoms with Crippen LogP contribution in [0.5, 0.6) is 11.5 Å². The fraction of sp³-hybridized carbons (Fsp3) is 0.390. The average Bonchev–Trinajstić information content (AvgIpc) is 3.76. The van der Waals surface area contributed by atoms with Crippen LogP contribution in [0.4, 0.5) is 5.69 Å². The maximum atomic E-state index is 14.2. The summed E-state index contributed by atoms with van der Waals surface area (Å²) in [5.41, 5.74) is 5.45. The third kappa shape index (κ3) is 6.49. The Kier molecular flexibility index (Phi) is 9.65.